The van der Waals surface area contributed by atoms with Crippen LogP contribution in [0.2, 0.25) is 0 Å². The summed E-state index contributed by atoms with van der Waals surface area (Å²) in [5.41, 5.74) is 1.12. The highest BCUT2D eigenvalue weighted by Gasteiger charge is 2.13. The Kier molecular flexibility index (Phi) is 3.21. The van der Waals surface area contributed by atoms with Gasteiger partial charge in [-0.3, -0.25) is 0 Å². The van der Waals surface area contributed by atoms with Gasteiger partial charge in [0, 0.05) is 16.1 Å². The van der Waals surface area contributed by atoms with Crippen LogP contribution < -0.4 is 5.32 Å². The van der Waals surface area contributed by atoms with Gasteiger partial charge in [-0.15, -0.1) is 11.3 Å². The molecule has 0 atom stereocenters. The first-order chi connectivity index (χ1) is 7.67. The smallest absolute Gasteiger partial charge is 0.160 e. The quantitative estimate of drug-likeness (QED) is 0.867. The highest BCUT2D eigenvalue weighted by Crippen LogP contribution is 2.33. The van der Waals surface area contributed by atoms with E-state index < -0.39 is 11.6 Å². The Morgan fingerprint density at radius 1 is 1.25 bits per heavy atom. The molecule has 0 spiro atoms. The van der Waals surface area contributed by atoms with Gasteiger partial charge in [0.05, 0.1) is 0 Å². The molecular weight excluding hydrogens is 228 g/mol. The molecule has 0 aliphatic carbocycles. The first kappa shape index (κ1) is 11.5. The van der Waals surface area contributed by atoms with E-state index in [0.717, 1.165) is 33.5 Å². The number of thiophene rings is 1. The van der Waals surface area contributed by atoms with E-state index in [9.17, 15) is 8.78 Å². The minimum Gasteiger partial charge on any atom is -0.315 e. The zero-order valence-corrected chi connectivity index (χ0v) is 10.0. The third-order valence-electron chi connectivity index (χ3n) is 2.61. The predicted molar refractivity (Wildman–Crippen MR) is 63.9 cm³/mol. The van der Waals surface area contributed by atoms with Crippen LogP contribution in [0.5, 0.6) is 0 Å². The lowest BCUT2D eigenvalue weighted by Crippen LogP contribution is -2.04. The maximum Gasteiger partial charge on any atom is 0.160 e. The largest absolute Gasteiger partial charge is 0.315 e. The monoisotopic (exact) mass is 241 g/mol. The van der Waals surface area contributed by atoms with Crippen LogP contribution in [-0.4, -0.2) is 7.05 Å². The summed E-state index contributed by atoms with van der Waals surface area (Å²) in [6, 6.07) is 2.59. The number of aryl methyl sites for hydroxylation is 1. The summed E-state index contributed by atoms with van der Waals surface area (Å²) in [4.78, 5) is 1.16. The molecule has 0 amide bonds. The molecule has 16 heavy (non-hydrogen) atoms. The van der Waals surface area contributed by atoms with Crippen LogP contribution in [0.3, 0.4) is 0 Å². The van der Waals surface area contributed by atoms with Crippen molar-refractivity contribution in [3.05, 3.63) is 34.2 Å². The van der Waals surface area contributed by atoms with Crippen LogP contribution in [0, 0.1) is 11.6 Å². The number of fused-ring (bicyclic) bond motifs is 1. The molecular formula is C12H13F2NS. The summed E-state index contributed by atoms with van der Waals surface area (Å²) in [5.74, 6) is -1.54. The lowest BCUT2D eigenvalue weighted by molar-refractivity contribution is 0.511. The Morgan fingerprint density at radius 3 is 2.56 bits per heavy atom. The van der Waals surface area contributed by atoms with Crippen LogP contribution in [0.4, 0.5) is 8.78 Å². The average molecular weight is 241 g/mol. The van der Waals surface area contributed by atoms with Crippen molar-refractivity contribution >= 4 is 21.4 Å². The number of hydrogen-bond acceptors (Lipinski definition) is 2. The third-order valence-corrected chi connectivity index (χ3v) is 3.80. The second kappa shape index (κ2) is 4.47. The summed E-state index contributed by atoms with van der Waals surface area (Å²) < 4.78 is 27.1. The first-order valence-corrected chi connectivity index (χ1v) is 6.03. The van der Waals surface area contributed by atoms with Crippen LogP contribution in [0.1, 0.15) is 17.4 Å². The minimum absolute atomic E-state index is 0.742. The zero-order chi connectivity index (χ0) is 11.7. The second-order valence-corrected chi connectivity index (χ2v) is 4.79. The molecule has 1 heterocycles. The van der Waals surface area contributed by atoms with E-state index in [2.05, 4.69) is 5.32 Å². The number of halogens is 2. The SMILES string of the molecule is CCc1c(CNC)sc2cc(F)c(F)cc12. The van der Waals surface area contributed by atoms with Gasteiger partial charge in [0.15, 0.2) is 11.6 Å². The maximum atomic E-state index is 13.2. The molecule has 0 radical (unpaired) electrons. The second-order valence-electron chi connectivity index (χ2n) is 3.65. The Bertz CT molecular complexity index is 519. The third kappa shape index (κ3) is 1.83. The summed E-state index contributed by atoms with van der Waals surface area (Å²) in [6.45, 7) is 2.77. The number of benzene rings is 1. The van der Waals surface area contributed by atoms with Crippen molar-refractivity contribution in [3.63, 3.8) is 0 Å². The van der Waals surface area contributed by atoms with Crippen molar-refractivity contribution in [3.8, 4) is 0 Å². The first-order valence-electron chi connectivity index (χ1n) is 5.21. The molecule has 0 aliphatic rings. The summed E-state index contributed by atoms with van der Waals surface area (Å²) in [6.07, 6.45) is 0.835. The Morgan fingerprint density at radius 2 is 1.94 bits per heavy atom. The molecule has 1 aromatic carbocycles. The van der Waals surface area contributed by atoms with Crippen LogP contribution in [-0.2, 0) is 13.0 Å². The van der Waals surface area contributed by atoms with Crippen molar-refractivity contribution in [1.82, 2.24) is 5.32 Å². The van der Waals surface area contributed by atoms with Gasteiger partial charge in [0.2, 0.25) is 0 Å². The lowest BCUT2D eigenvalue weighted by atomic mass is 10.1. The molecule has 0 bridgehead atoms. The highest BCUT2D eigenvalue weighted by molar-refractivity contribution is 7.19. The number of rotatable bonds is 3. The molecule has 0 saturated carbocycles. The predicted octanol–water partition coefficient (Wildman–Crippen LogP) is 3.46. The molecule has 0 saturated heterocycles. The van der Waals surface area contributed by atoms with E-state index in [1.807, 2.05) is 14.0 Å². The number of nitrogens with one attached hydrogen (secondary N) is 1. The van der Waals surface area contributed by atoms with Crippen molar-refractivity contribution in [2.24, 2.45) is 0 Å². The van der Waals surface area contributed by atoms with Crippen LogP contribution in [0.25, 0.3) is 10.1 Å². The van der Waals surface area contributed by atoms with Gasteiger partial charge in [-0.25, -0.2) is 8.78 Å². The van der Waals surface area contributed by atoms with E-state index in [4.69, 9.17) is 0 Å². The van der Waals surface area contributed by atoms with Gasteiger partial charge in [-0.05, 0) is 36.6 Å². The standard InChI is InChI=1S/C12H13F2NS/c1-3-7-8-4-9(13)10(14)5-11(8)16-12(7)6-15-2/h4-5,15H,3,6H2,1-2H3. The molecule has 0 fully saturated rings. The fraction of sp³-hybridized carbons (Fsp3) is 0.333. The van der Waals surface area contributed by atoms with Crippen molar-refractivity contribution in [2.75, 3.05) is 7.05 Å². The van der Waals surface area contributed by atoms with Gasteiger partial charge in [0.1, 0.15) is 0 Å². The maximum absolute atomic E-state index is 13.2. The highest BCUT2D eigenvalue weighted by atomic mass is 32.1. The van der Waals surface area contributed by atoms with Gasteiger partial charge in [0.25, 0.3) is 0 Å². The minimum atomic E-state index is -0.771. The molecule has 0 unspecified atom stereocenters. The van der Waals surface area contributed by atoms with Crippen LogP contribution >= 0.6 is 11.3 Å². The van der Waals surface area contributed by atoms with Crippen molar-refractivity contribution in [1.29, 1.82) is 0 Å². The molecule has 2 aromatic rings. The summed E-state index contributed by atoms with van der Waals surface area (Å²) in [5, 5.41) is 3.92. The normalized spacial score (nSPS) is 11.2. The van der Waals surface area contributed by atoms with E-state index in [1.165, 1.54) is 23.5 Å². The molecule has 1 N–H and O–H groups in total. The average Bonchev–Trinajstić information content (AvgIpc) is 2.56. The molecule has 4 heteroatoms. The van der Waals surface area contributed by atoms with E-state index in [1.54, 1.807) is 0 Å². The van der Waals surface area contributed by atoms with Crippen molar-refractivity contribution < 1.29 is 8.78 Å². The molecule has 1 nitrogen and oxygen atoms in total. The van der Waals surface area contributed by atoms with E-state index in [-0.39, 0.29) is 0 Å². The van der Waals surface area contributed by atoms with Crippen LogP contribution in [0.15, 0.2) is 12.1 Å². The van der Waals surface area contributed by atoms with E-state index >= 15 is 0 Å². The number of hydrogen-bond donors (Lipinski definition) is 1. The zero-order valence-electron chi connectivity index (χ0n) is 9.23. The molecule has 0 aliphatic heterocycles. The van der Waals surface area contributed by atoms with Gasteiger partial charge in [-0.1, -0.05) is 6.92 Å². The molecule has 2 rings (SSSR count). The van der Waals surface area contributed by atoms with Crippen molar-refractivity contribution in [2.45, 2.75) is 19.9 Å². The van der Waals surface area contributed by atoms with Gasteiger partial charge >= 0.3 is 0 Å². The molecule has 86 valence electrons. The molecule has 1 aromatic heterocycles. The summed E-state index contributed by atoms with van der Waals surface area (Å²) in [7, 11) is 1.87. The fourth-order valence-electron chi connectivity index (χ4n) is 1.88. The lowest BCUT2D eigenvalue weighted by Gasteiger charge is -2.00. The summed E-state index contributed by atoms with van der Waals surface area (Å²) >= 11 is 1.53. The fourth-order valence-corrected chi connectivity index (χ4v) is 3.20. The van der Waals surface area contributed by atoms with E-state index in [0.29, 0.717) is 0 Å². The van der Waals surface area contributed by atoms with Gasteiger partial charge < -0.3 is 5.32 Å². The Hall–Kier alpha value is -1.00. The Labute approximate surface area is 97.1 Å². The Balaban J connectivity index is 2.67. The topological polar surface area (TPSA) is 12.0 Å². The van der Waals surface area contributed by atoms with Gasteiger partial charge in [-0.2, -0.15) is 0 Å².